The van der Waals surface area contributed by atoms with E-state index in [1.54, 1.807) is 16.8 Å². The summed E-state index contributed by atoms with van der Waals surface area (Å²) >= 11 is 0. The Morgan fingerprint density at radius 1 is 1.18 bits per heavy atom. The second-order valence-electron chi connectivity index (χ2n) is 8.51. The molecule has 0 spiro atoms. The second kappa shape index (κ2) is 10.7. The number of rotatable bonds is 10. The van der Waals surface area contributed by atoms with E-state index < -0.39 is 0 Å². The number of aryl methyl sites for hydroxylation is 1. The quantitative estimate of drug-likeness (QED) is 0.373. The molecule has 2 heterocycles. The van der Waals surface area contributed by atoms with Crippen LogP contribution in [0.15, 0.2) is 53.3 Å². The molecule has 2 aromatic carbocycles. The Kier molecular flexibility index (Phi) is 7.44. The number of hydrogen-bond donors (Lipinski definition) is 2. The summed E-state index contributed by atoms with van der Waals surface area (Å²) in [6.07, 6.45) is 1.26. The van der Waals surface area contributed by atoms with E-state index >= 15 is 0 Å². The molecule has 0 amide bonds. The van der Waals surface area contributed by atoms with Crippen molar-refractivity contribution in [1.29, 1.82) is 0 Å². The normalized spacial score (nSPS) is 12.5. The topological polar surface area (TPSA) is 99.9 Å². The predicted octanol–water partition coefficient (Wildman–Crippen LogP) is 3.35. The van der Waals surface area contributed by atoms with Crippen molar-refractivity contribution < 1.29 is 9.50 Å². The van der Waals surface area contributed by atoms with E-state index in [4.69, 9.17) is 0 Å². The number of aromatic amines is 1. The summed E-state index contributed by atoms with van der Waals surface area (Å²) in [5.74, 6) is 0.371. The van der Waals surface area contributed by atoms with E-state index in [-0.39, 0.29) is 24.0 Å². The first kappa shape index (κ1) is 23.7. The Hall–Kier alpha value is -3.43. The zero-order valence-corrected chi connectivity index (χ0v) is 19.4. The maximum absolute atomic E-state index is 13.3. The molecule has 0 bridgehead atoms. The molecule has 0 aliphatic carbocycles. The molecule has 0 saturated carbocycles. The van der Waals surface area contributed by atoms with E-state index in [0.717, 1.165) is 22.0 Å². The first-order chi connectivity index (χ1) is 16.5. The number of aliphatic hydroxyl groups excluding tert-OH is 1. The molecular weight excluding hydrogens is 435 g/mol. The molecule has 0 aliphatic rings. The highest BCUT2D eigenvalue weighted by atomic mass is 19.1. The smallest absolute Gasteiger partial charge is 0.252 e. The molecule has 0 fully saturated rings. The minimum Gasteiger partial charge on any atom is -0.396 e. The average Bonchev–Trinajstić information content (AvgIpc) is 3.27. The molecule has 4 rings (SSSR count). The van der Waals surface area contributed by atoms with Crippen LogP contribution in [0.2, 0.25) is 0 Å². The molecule has 9 heteroatoms. The number of aliphatic hydroxyl groups is 1. The lowest BCUT2D eigenvalue weighted by Crippen LogP contribution is -2.34. The van der Waals surface area contributed by atoms with Crippen molar-refractivity contribution in [2.24, 2.45) is 0 Å². The first-order valence-corrected chi connectivity index (χ1v) is 11.5. The van der Waals surface area contributed by atoms with Gasteiger partial charge in [0.1, 0.15) is 5.82 Å². The monoisotopic (exact) mass is 464 g/mol. The predicted molar refractivity (Wildman–Crippen MR) is 128 cm³/mol. The van der Waals surface area contributed by atoms with Crippen molar-refractivity contribution in [3.05, 3.63) is 87.2 Å². The molecule has 0 aliphatic heterocycles. The molecule has 178 valence electrons. The molecule has 8 nitrogen and oxygen atoms in total. The number of benzene rings is 2. The van der Waals surface area contributed by atoms with Gasteiger partial charge in [0.25, 0.3) is 5.56 Å². The fourth-order valence-corrected chi connectivity index (χ4v) is 4.26. The zero-order valence-electron chi connectivity index (χ0n) is 19.4. The Labute approximate surface area is 197 Å². The number of fused-ring (bicyclic) bond motifs is 1. The van der Waals surface area contributed by atoms with Crippen LogP contribution in [0.1, 0.15) is 48.3 Å². The SMILES string of the molecule is CC[C@@H](c1nnnn1Cc1ccc(F)cc1)N(CCCO)Cc1cc2cc(C)ccc2[nH]c1=O. The van der Waals surface area contributed by atoms with E-state index in [1.165, 1.54) is 12.1 Å². The molecule has 0 radical (unpaired) electrons. The van der Waals surface area contributed by atoms with Crippen molar-refractivity contribution in [3.8, 4) is 0 Å². The van der Waals surface area contributed by atoms with Gasteiger partial charge in [-0.25, -0.2) is 9.07 Å². The van der Waals surface area contributed by atoms with Crippen LogP contribution in [0.5, 0.6) is 0 Å². The zero-order chi connectivity index (χ0) is 24.1. The number of nitrogens with one attached hydrogen (secondary N) is 1. The minimum atomic E-state index is -0.293. The summed E-state index contributed by atoms with van der Waals surface area (Å²) in [6.45, 7) is 5.47. The lowest BCUT2D eigenvalue weighted by atomic mass is 10.1. The maximum Gasteiger partial charge on any atom is 0.252 e. The van der Waals surface area contributed by atoms with Gasteiger partial charge in [0.2, 0.25) is 0 Å². The van der Waals surface area contributed by atoms with Gasteiger partial charge in [-0.3, -0.25) is 9.69 Å². The Balaban J connectivity index is 1.65. The number of pyridine rings is 1. The van der Waals surface area contributed by atoms with Gasteiger partial charge in [-0.15, -0.1) is 5.10 Å². The van der Waals surface area contributed by atoms with Gasteiger partial charge in [0, 0.05) is 30.8 Å². The number of nitrogens with zero attached hydrogens (tertiary/aromatic N) is 5. The molecule has 0 unspecified atom stereocenters. The number of halogens is 1. The standard InChI is InChI=1S/C25H29FN6O2/c1-3-23(24-28-29-30-32(24)15-18-6-8-21(26)9-7-18)31(11-4-12-33)16-20-14-19-13-17(2)5-10-22(19)27-25(20)34/h5-10,13-14,23,33H,3-4,11-12,15-16H2,1-2H3,(H,27,34)/t23-/m0/s1. The van der Waals surface area contributed by atoms with Crippen molar-refractivity contribution in [2.75, 3.05) is 13.2 Å². The van der Waals surface area contributed by atoms with Crippen LogP contribution < -0.4 is 5.56 Å². The van der Waals surface area contributed by atoms with Crippen molar-refractivity contribution in [3.63, 3.8) is 0 Å². The summed E-state index contributed by atoms with van der Waals surface area (Å²) in [6, 6.07) is 13.9. The second-order valence-corrected chi connectivity index (χ2v) is 8.51. The lowest BCUT2D eigenvalue weighted by Gasteiger charge is -2.30. The van der Waals surface area contributed by atoms with E-state index in [2.05, 4.69) is 25.4 Å². The van der Waals surface area contributed by atoms with Gasteiger partial charge >= 0.3 is 0 Å². The van der Waals surface area contributed by atoms with Crippen LogP contribution in [-0.2, 0) is 13.1 Å². The number of aromatic nitrogens is 5. The first-order valence-electron chi connectivity index (χ1n) is 11.5. The lowest BCUT2D eigenvalue weighted by molar-refractivity contribution is 0.152. The third-order valence-electron chi connectivity index (χ3n) is 5.98. The third-order valence-corrected chi connectivity index (χ3v) is 5.98. The van der Waals surface area contributed by atoms with E-state index in [1.807, 2.05) is 38.1 Å². The van der Waals surface area contributed by atoms with Crippen LogP contribution in [0, 0.1) is 12.7 Å². The molecular formula is C25H29FN6O2. The minimum absolute atomic E-state index is 0.0424. The summed E-state index contributed by atoms with van der Waals surface area (Å²) in [4.78, 5) is 18.0. The highest BCUT2D eigenvalue weighted by Gasteiger charge is 2.25. The highest BCUT2D eigenvalue weighted by molar-refractivity contribution is 5.79. The van der Waals surface area contributed by atoms with Gasteiger partial charge in [-0.05, 0) is 71.5 Å². The van der Waals surface area contributed by atoms with Gasteiger partial charge in [-0.1, -0.05) is 30.7 Å². The van der Waals surface area contributed by atoms with E-state index in [9.17, 15) is 14.3 Å². The third kappa shape index (κ3) is 5.37. The average molecular weight is 465 g/mol. The molecule has 34 heavy (non-hydrogen) atoms. The van der Waals surface area contributed by atoms with E-state index in [0.29, 0.717) is 43.9 Å². The van der Waals surface area contributed by atoms with Gasteiger partial charge < -0.3 is 10.1 Å². The molecule has 0 saturated heterocycles. The number of hydrogen-bond acceptors (Lipinski definition) is 6. The van der Waals surface area contributed by atoms with Crippen LogP contribution in [0.25, 0.3) is 10.9 Å². The summed E-state index contributed by atoms with van der Waals surface area (Å²) < 4.78 is 15.0. The van der Waals surface area contributed by atoms with Crippen LogP contribution in [0.4, 0.5) is 4.39 Å². The van der Waals surface area contributed by atoms with Crippen molar-refractivity contribution in [2.45, 2.75) is 45.8 Å². The van der Waals surface area contributed by atoms with Crippen LogP contribution in [0.3, 0.4) is 0 Å². The number of tetrazole rings is 1. The Bertz CT molecular complexity index is 1300. The molecule has 2 N–H and O–H groups in total. The van der Waals surface area contributed by atoms with Crippen molar-refractivity contribution in [1.82, 2.24) is 30.1 Å². The highest BCUT2D eigenvalue weighted by Crippen LogP contribution is 2.25. The maximum atomic E-state index is 13.3. The fourth-order valence-electron chi connectivity index (χ4n) is 4.26. The number of H-pyrrole nitrogens is 1. The van der Waals surface area contributed by atoms with Crippen LogP contribution in [-0.4, -0.2) is 48.3 Å². The van der Waals surface area contributed by atoms with Gasteiger partial charge in [-0.2, -0.15) is 0 Å². The molecule has 2 aromatic heterocycles. The Morgan fingerprint density at radius 3 is 2.71 bits per heavy atom. The fraction of sp³-hybridized carbons (Fsp3) is 0.360. The molecule has 1 atom stereocenters. The van der Waals surface area contributed by atoms with Crippen molar-refractivity contribution >= 4 is 10.9 Å². The van der Waals surface area contributed by atoms with Gasteiger partial charge in [0.05, 0.1) is 12.6 Å². The largest absolute Gasteiger partial charge is 0.396 e. The van der Waals surface area contributed by atoms with Gasteiger partial charge in [0.15, 0.2) is 5.82 Å². The Morgan fingerprint density at radius 2 is 1.97 bits per heavy atom. The molecule has 4 aromatic rings. The summed E-state index contributed by atoms with van der Waals surface area (Å²) in [7, 11) is 0. The van der Waals surface area contributed by atoms with Crippen LogP contribution >= 0.6 is 0 Å². The summed E-state index contributed by atoms with van der Waals surface area (Å²) in [5.41, 5.74) is 3.32. The summed E-state index contributed by atoms with van der Waals surface area (Å²) in [5, 5.41) is 22.8.